The highest BCUT2D eigenvalue weighted by Gasteiger charge is 2.19. The maximum atomic E-state index is 12.5. The van der Waals surface area contributed by atoms with Gasteiger partial charge in [0.15, 0.2) is 0 Å². The Bertz CT molecular complexity index is 651. The minimum absolute atomic E-state index is 0.0912. The number of aryl methyl sites for hydroxylation is 1. The van der Waals surface area contributed by atoms with E-state index in [9.17, 15) is 4.79 Å². The standard InChI is InChI=1S/C19H24N2OS/c1-2-21(15-8-4-3-5-9-15)13-12-20-19(22)17-14-23-18-11-7-6-10-16(17)18/h3-5,8-9,14H,2,6-7,10-13H2,1H3,(H,20,22). The number of nitrogens with zero attached hydrogens (tertiary/aromatic N) is 1. The first-order valence-electron chi connectivity index (χ1n) is 8.47. The number of nitrogens with one attached hydrogen (secondary N) is 1. The Morgan fingerprint density at radius 1 is 1.22 bits per heavy atom. The molecule has 0 bridgehead atoms. The molecule has 0 unspecified atom stereocenters. The second-order valence-electron chi connectivity index (χ2n) is 5.93. The van der Waals surface area contributed by atoms with Gasteiger partial charge in [-0.1, -0.05) is 18.2 Å². The highest BCUT2D eigenvalue weighted by molar-refractivity contribution is 7.10. The van der Waals surface area contributed by atoms with Crippen molar-refractivity contribution in [1.29, 1.82) is 0 Å². The van der Waals surface area contributed by atoms with Crippen molar-refractivity contribution in [2.75, 3.05) is 24.5 Å². The van der Waals surface area contributed by atoms with Crippen LogP contribution in [0.2, 0.25) is 0 Å². The van der Waals surface area contributed by atoms with Crippen molar-refractivity contribution in [2.24, 2.45) is 0 Å². The van der Waals surface area contributed by atoms with Gasteiger partial charge in [-0.25, -0.2) is 0 Å². The van der Waals surface area contributed by atoms with Crippen LogP contribution in [0.15, 0.2) is 35.7 Å². The van der Waals surface area contributed by atoms with Crippen molar-refractivity contribution in [3.8, 4) is 0 Å². The molecule has 122 valence electrons. The quantitative estimate of drug-likeness (QED) is 0.873. The molecule has 0 atom stereocenters. The first-order valence-corrected chi connectivity index (χ1v) is 9.35. The fourth-order valence-corrected chi connectivity index (χ4v) is 4.32. The molecule has 1 aromatic carbocycles. The Hall–Kier alpha value is -1.81. The van der Waals surface area contributed by atoms with Crippen LogP contribution in [0.1, 0.15) is 40.6 Å². The lowest BCUT2D eigenvalue weighted by atomic mass is 9.96. The Morgan fingerprint density at radius 3 is 2.78 bits per heavy atom. The summed E-state index contributed by atoms with van der Waals surface area (Å²) in [5.74, 6) is 0.0912. The molecule has 0 saturated heterocycles. The number of para-hydroxylation sites is 1. The molecule has 0 aliphatic heterocycles. The van der Waals surface area contributed by atoms with Crippen LogP contribution in [-0.2, 0) is 12.8 Å². The zero-order valence-corrected chi connectivity index (χ0v) is 14.5. The largest absolute Gasteiger partial charge is 0.370 e. The average Bonchev–Trinajstić information content (AvgIpc) is 3.03. The second-order valence-corrected chi connectivity index (χ2v) is 6.89. The smallest absolute Gasteiger partial charge is 0.252 e. The van der Waals surface area contributed by atoms with Crippen LogP contribution >= 0.6 is 11.3 Å². The number of thiophene rings is 1. The van der Waals surface area contributed by atoms with Gasteiger partial charge in [0.25, 0.3) is 5.91 Å². The third-order valence-corrected chi connectivity index (χ3v) is 5.56. The summed E-state index contributed by atoms with van der Waals surface area (Å²) in [5, 5.41) is 5.14. The summed E-state index contributed by atoms with van der Waals surface area (Å²) in [6, 6.07) is 10.3. The Kier molecular flexibility index (Phi) is 5.34. The number of amides is 1. The average molecular weight is 328 g/mol. The van der Waals surface area contributed by atoms with Gasteiger partial charge in [-0.15, -0.1) is 11.3 Å². The molecule has 1 N–H and O–H groups in total. The van der Waals surface area contributed by atoms with Gasteiger partial charge in [0.05, 0.1) is 5.56 Å². The maximum absolute atomic E-state index is 12.5. The lowest BCUT2D eigenvalue weighted by Gasteiger charge is -2.23. The van der Waals surface area contributed by atoms with E-state index in [1.165, 1.54) is 29.0 Å². The number of likely N-dealkylation sites (N-methyl/N-ethyl adjacent to an activating group) is 1. The normalized spacial score (nSPS) is 13.4. The number of hydrogen-bond acceptors (Lipinski definition) is 3. The number of hydrogen-bond donors (Lipinski definition) is 1. The molecular formula is C19H24N2OS. The molecule has 3 rings (SSSR count). The fraction of sp³-hybridized carbons (Fsp3) is 0.421. The van der Waals surface area contributed by atoms with Crippen molar-refractivity contribution in [3.63, 3.8) is 0 Å². The van der Waals surface area contributed by atoms with E-state index in [0.29, 0.717) is 6.54 Å². The number of carbonyl (C=O) groups is 1. The molecule has 0 spiro atoms. The van der Waals surface area contributed by atoms with Crippen LogP contribution in [0.4, 0.5) is 5.69 Å². The second kappa shape index (κ2) is 7.64. The van der Waals surface area contributed by atoms with Gasteiger partial charge in [-0.05, 0) is 50.3 Å². The van der Waals surface area contributed by atoms with Gasteiger partial charge in [0, 0.05) is 35.6 Å². The van der Waals surface area contributed by atoms with Crippen LogP contribution in [-0.4, -0.2) is 25.5 Å². The van der Waals surface area contributed by atoms with Gasteiger partial charge >= 0.3 is 0 Å². The highest BCUT2D eigenvalue weighted by atomic mass is 32.1. The van der Waals surface area contributed by atoms with Crippen LogP contribution in [0.3, 0.4) is 0 Å². The van der Waals surface area contributed by atoms with Crippen molar-refractivity contribution < 1.29 is 4.79 Å². The minimum atomic E-state index is 0.0912. The van der Waals surface area contributed by atoms with E-state index < -0.39 is 0 Å². The molecule has 1 aliphatic rings. The number of carbonyl (C=O) groups excluding carboxylic acids is 1. The third-order valence-electron chi connectivity index (χ3n) is 4.48. The molecule has 1 aromatic heterocycles. The third kappa shape index (κ3) is 3.75. The lowest BCUT2D eigenvalue weighted by molar-refractivity contribution is 0.0954. The predicted octanol–water partition coefficient (Wildman–Crippen LogP) is 3.88. The summed E-state index contributed by atoms with van der Waals surface area (Å²) in [4.78, 5) is 16.2. The molecule has 0 radical (unpaired) electrons. The Balaban J connectivity index is 1.56. The molecule has 1 aliphatic carbocycles. The van der Waals surface area contributed by atoms with E-state index in [2.05, 4.69) is 29.3 Å². The molecule has 3 nitrogen and oxygen atoms in total. The van der Waals surface area contributed by atoms with Crippen LogP contribution in [0, 0.1) is 0 Å². The van der Waals surface area contributed by atoms with Crippen molar-refractivity contribution in [1.82, 2.24) is 5.32 Å². The molecule has 0 saturated carbocycles. The van der Waals surface area contributed by atoms with Gasteiger partial charge < -0.3 is 10.2 Å². The van der Waals surface area contributed by atoms with Crippen LogP contribution < -0.4 is 10.2 Å². The zero-order valence-electron chi connectivity index (χ0n) is 13.7. The van der Waals surface area contributed by atoms with E-state index in [1.807, 2.05) is 23.6 Å². The summed E-state index contributed by atoms with van der Waals surface area (Å²) in [7, 11) is 0. The monoisotopic (exact) mass is 328 g/mol. The van der Waals surface area contributed by atoms with E-state index in [0.717, 1.165) is 31.5 Å². The van der Waals surface area contributed by atoms with E-state index in [4.69, 9.17) is 0 Å². The van der Waals surface area contributed by atoms with Crippen LogP contribution in [0.5, 0.6) is 0 Å². The maximum Gasteiger partial charge on any atom is 0.252 e. The molecule has 1 heterocycles. The Labute approximate surface area is 142 Å². The predicted molar refractivity (Wildman–Crippen MR) is 97.6 cm³/mol. The van der Waals surface area contributed by atoms with E-state index >= 15 is 0 Å². The summed E-state index contributed by atoms with van der Waals surface area (Å²) >= 11 is 1.75. The molecule has 0 fully saturated rings. The number of benzene rings is 1. The molecule has 2 aromatic rings. The molecular weight excluding hydrogens is 304 g/mol. The summed E-state index contributed by atoms with van der Waals surface area (Å²) in [6.07, 6.45) is 4.68. The molecule has 4 heteroatoms. The summed E-state index contributed by atoms with van der Waals surface area (Å²) < 4.78 is 0. The topological polar surface area (TPSA) is 32.3 Å². The fourth-order valence-electron chi connectivity index (χ4n) is 3.19. The lowest BCUT2D eigenvalue weighted by Crippen LogP contribution is -2.35. The Morgan fingerprint density at radius 2 is 2.00 bits per heavy atom. The van der Waals surface area contributed by atoms with Crippen LogP contribution in [0.25, 0.3) is 0 Å². The van der Waals surface area contributed by atoms with E-state index in [-0.39, 0.29) is 5.91 Å². The summed E-state index contributed by atoms with van der Waals surface area (Å²) in [6.45, 7) is 4.59. The van der Waals surface area contributed by atoms with Gasteiger partial charge in [-0.3, -0.25) is 4.79 Å². The SMILES string of the molecule is CCN(CCNC(=O)c1csc2c1CCCC2)c1ccccc1. The first-order chi connectivity index (χ1) is 11.3. The number of anilines is 1. The van der Waals surface area contributed by atoms with Gasteiger partial charge in [-0.2, -0.15) is 0 Å². The van der Waals surface area contributed by atoms with E-state index in [1.54, 1.807) is 11.3 Å². The molecule has 23 heavy (non-hydrogen) atoms. The first kappa shape index (κ1) is 16.1. The van der Waals surface area contributed by atoms with Crippen molar-refractivity contribution in [3.05, 3.63) is 51.7 Å². The molecule has 1 amide bonds. The highest BCUT2D eigenvalue weighted by Crippen LogP contribution is 2.30. The van der Waals surface area contributed by atoms with Crippen molar-refractivity contribution >= 4 is 22.9 Å². The minimum Gasteiger partial charge on any atom is -0.370 e. The van der Waals surface area contributed by atoms with Gasteiger partial charge in [0.2, 0.25) is 0 Å². The van der Waals surface area contributed by atoms with Crippen molar-refractivity contribution in [2.45, 2.75) is 32.6 Å². The number of rotatable bonds is 6. The van der Waals surface area contributed by atoms with Gasteiger partial charge in [0.1, 0.15) is 0 Å². The number of fused-ring (bicyclic) bond motifs is 1. The summed E-state index contributed by atoms with van der Waals surface area (Å²) in [5.41, 5.74) is 3.42. The zero-order chi connectivity index (χ0) is 16.1.